The van der Waals surface area contributed by atoms with E-state index in [4.69, 9.17) is 27.9 Å². The Morgan fingerprint density at radius 1 is 1.28 bits per heavy atom. The Bertz CT molecular complexity index is 1020. The monoisotopic (exact) mass is 434 g/mol. The highest BCUT2D eigenvalue weighted by Crippen LogP contribution is 2.46. The summed E-state index contributed by atoms with van der Waals surface area (Å²) in [4.78, 5) is 26.5. The van der Waals surface area contributed by atoms with Gasteiger partial charge in [-0.05, 0) is 30.4 Å². The van der Waals surface area contributed by atoms with E-state index >= 15 is 0 Å². The molecule has 1 N–H and O–H groups in total. The summed E-state index contributed by atoms with van der Waals surface area (Å²) in [5, 5.41) is 7.61. The second kappa shape index (κ2) is 6.64. The predicted octanol–water partition coefficient (Wildman–Crippen LogP) is 3.36. The van der Waals surface area contributed by atoms with Crippen LogP contribution < -0.4 is 5.32 Å². The number of hydrogen-bond acceptors (Lipinski definition) is 4. The van der Waals surface area contributed by atoms with E-state index in [1.54, 1.807) is 11.7 Å². The van der Waals surface area contributed by atoms with Crippen molar-refractivity contribution in [1.82, 2.24) is 20.0 Å². The first kappa shape index (κ1) is 18.8. The standard InChI is InChI=1S/C20H20Cl2N4O3/c1-25-15(16(21)17(22)24-25)6-14-12-4-2-3-5-13(12)18(27)26(14)9-11-7-20(8-11)10-23-19(28)29-20/h2-5,11,14H,6-10H2,1H3,(H,23,28)/t11?,14-,20?/m0/s1. The summed E-state index contributed by atoms with van der Waals surface area (Å²) in [6.07, 6.45) is 1.70. The lowest BCUT2D eigenvalue weighted by Crippen LogP contribution is -2.51. The van der Waals surface area contributed by atoms with Crippen LogP contribution in [-0.2, 0) is 18.2 Å². The molecule has 7 nitrogen and oxygen atoms in total. The summed E-state index contributed by atoms with van der Waals surface area (Å²) >= 11 is 12.5. The fraction of sp³-hybridized carbons (Fsp3) is 0.450. The zero-order chi connectivity index (χ0) is 20.3. The second-order valence-corrected chi connectivity index (χ2v) is 8.88. The minimum Gasteiger partial charge on any atom is -0.441 e. The van der Waals surface area contributed by atoms with Gasteiger partial charge in [0.15, 0.2) is 5.15 Å². The highest BCUT2D eigenvalue weighted by atomic mass is 35.5. The molecule has 2 aliphatic heterocycles. The Morgan fingerprint density at radius 2 is 2.03 bits per heavy atom. The second-order valence-electron chi connectivity index (χ2n) is 8.14. The van der Waals surface area contributed by atoms with Crippen molar-refractivity contribution in [2.24, 2.45) is 13.0 Å². The molecule has 0 radical (unpaired) electrons. The Balaban J connectivity index is 1.39. The Morgan fingerprint density at radius 3 is 2.69 bits per heavy atom. The molecule has 1 aromatic heterocycles. The first-order chi connectivity index (χ1) is 13.9. The number of ether oxygens (including phenoxy) is 1. The fourth-order valence-electron chi connectivity index (χ4n) is 4.91. The lowest BCUT2D eigenvalue weighted by atomic mass is 9.70. The summed E-state index contributed by atoms with van der Waals surface area (Å²) in [5.74, 6) is 0.312. The zero-order valence-corrected chi connectivity index (χ0v) is 17.3. The smallest absolute Gasteiger partial charge is 0.407 e. The number of alkyl carbamates (subject to hydrolysis) is 1. The van der Waals surface area contributed by atoms with Crippen LogP contribution in [0.15, 0.2) is 24.3 Å². The molecule has 2 aromatic rings. The number of aromatic nitrogens is 2. The molecule has 1 saturated heterocycles. The van der Waals surface area contributed by atoms with Gasteiger partial charge in [-0.15, -0.1) is 0 Å². The van der Waals surface area contributed by atoms with Crippen molar-refractivity contribution >= 4 is 35.2 Å². The van der Waals surface area contributed by atoms with Gasteiger partial charge in [0.05, 0.1) is 18.3 Å². The van der Waals surface area contributed by atoms with Gasteiger partial charge in [-0.1, -0.05) is 41.4 Å². The number of hydrogen-bond donors (Lipinski definition) is 1. The van der Waals surface area contributed by atoms with Crippen LogP contribution in [0.4, 0.5) is 4.79 Å². The number of fused-ring (bicyclic) bond motifs is 1. The Hall–Kier alpha value is -2.25. The van der Waals surface area contributed by atoms with Crippen LogP contribution in [0.2, 0.25) is 10.2 Å². The van der Waals surface area contributed by atoms with E-state index in [-0.39, 0.29) is 29.1 Å². The maximum atomic E-state index is 13.2. The molecule has 1 aromatic carbocycles. The molecule has 0 unspecified atom stereocenters. The third-order valence-corrected chi connectivity index (χ3v) is 7.04. The maximum absolute atomic E-state index is 13.2. The van der Waals surface area contributed by atoms with Crippen LogP contribution in [0.25, 0.3) is 0 Å². The fourth-order valence-corrected chi connectivity index (χ4v) is 5.37. The molecule has 29 heavy (non-hydrogen) atoms. The van der Waals surface area contributed by atoms with Crippen LogP contribution in [0.3, 0.4) is 0 Å². The van der Waals surface area contributed by atoms with Crippen molar-refractivity contribution in [2.45, 2.75) is 30.9 Å². The number of halogens is 2. The largest absolute Gasteiger partial charge is 0.441 e. The minimum absolute atomic E-state index is 0.0254. The number of nitrogens with one attached hydrogen (secondary N) is 1. The van der Waals surface area contributed by atoms with Gasteiger partial charge in [-0.25, -0.2) is 4.79 Å². The van der Waals surface area contributed by atoms with Crippen molar-refractivity contribution in [3.8, 4) is 0 Å². The summed E-state index contributed by atoms with van der Waals surface area (Å²) in [7, 11) is 1.80. The lowest BCUT2D eigenvalue weighted by molar-refractivity contribution is -0.0555. The van der Waals surface area contributed by atoms with Gasteiger partial charge in [-0.3, -0.25) is 9.48 Å². The summed E-state index contributed by atoms with van der Waals surface area (Å²) in [6, 6.07) is 7.56. The van der Waals surface area contributed by atoms with E-state index in [0.29, 0.717) is 24.5 Å². The van der Waals surface area contributed by atoms with Crippen LogP contribution in [-0.4, -0.2) is 45.4 Å². The molecular weight excluding hydrogens is 415 g/mol. The first-order valence-electron chi connectivity index (χ1n) is 9.60. The quantitative estimate of drug-likeness (QED) is 0.799. The van der Waals surface area contributed by atoms with Gasteiger partial charge in [0, 0.05) is 25.6 Å². The molecule has 1 atom stereocenters. The van der Waals surface area contributed by atoms with E-state index < -0.39 is 5.60 Å². The number of amides is 2. The molecule has 3 aliphatic rings. The third-order valence-electron chi connectivity index (χ3n) is 6.28. The molecule has 1 saturated carbocycles. The van der Waals surface area contributed by atoms with E-state index in [2.05, 4.69) is 10.4 Å². The lowest BCUT2D eigenvalue weighted by Gasteiger charge is -2.44. The maximum Gasteiger partial charge on any atom is 0.407 e. The molecule has 5 rings (SSSR count). The highest BCUT2D eigenvalue weighted by molar-refractivity contribution is 6.41. The summed E-state index contributed by atoms with van der Waals surface area (Å²) in [5.41, 5.74) is 2.13. The number of nitrogens with zero attached hydrogens (tertiary/aromatic N) is 3. The van der Waals surface area contributed by atoms with Gasteiger partial charge >= 0.3 is 6.09 Å². The topological polar surface area (TPSA) is 76.5 Å². The molecule has 3 heterocycles. The molecule has 1 spiro atoms. The normalized spacial score (nSPS) is 27.8. The van der Waals surface area contributed by atoms with Crippen molar-refractivity contribution in [2.75, 3.05) is 13.1 Å². The zero-order valence-electron chi connectivity index (χ0n) is 15.8. The summed E-state index contributed by atoms with van der Waals surface area (Å²) in [6.45, 7) is 1.16. The number of carbonyl (C=O) groups is 2. The predicted molar refractivity (Wildman–Crippen MR) is 107 cm³/mol. The molecule has 0 bridgehead atoms. The van der Waals surface area contributed by atoms with Gasteiger partial charge in [-0.2, -0.15) is 5.10 Å². The number of aryl methyl sites for hydroxylation is 1. The van der Waals surface area contributed by atoms with E-state index in [1.165, 1.54) is 0 Å². The average molecular weight is 435 g/mol. The van der Waals surface area contributed by atoms with E-state index in [0.717, 1.165) is 29.7 Å². The molecule has 1 aliphatic carbocycles. The van der Waals surface area contributed by atoms with Gasteiger partial charge in [0.2, 0.25) is 0 Å². The number of rotatable bonds is 4. The minimum atomic E-state index is -0.397. The molecule has 2 fully saturated rings. The van der Waals surface area contributed by atoms with Crippen molar-refractivity contribution in [3.63, 3.8) is 0 Å². The number of carbonyl (C=O) groups excluding carboxylic acids is 2. The van der Waals surface area contributed by atoms with Crippen molar-refractivity contribution < 1.29 is 14.3 Å². The Labute approximate surface area is 177 Å². The van der Waals surface area contributed by atoms with Crippen LogP contribution in [0.5, 0.6) is 0 Å². The van der Waals surface area contributed by atoms with Crippen LogP contribution in [0.1, 0.15) is 40.5 Å². The first-order valence-corrected chi connectivity index (χ1v) is 10.4. The SMILES string of the molecule is Cn1nc(Cl)c(Cl)c1C[C@H]1c2ccccc2C(=O)N1CC1CC2(CNC(=O)O2)C1. The Kier molecular flexibility index (Phi) is 4.29. The summed E-state index contributed by atoms with van der Waals surface area (Å²) < 4.78 is 7.10. The van der Waals surface area contributed by atoms with Crippen molar-refractivity contribution in [1.29, 1.82) is 0 Å². The van der Waals surface area contributed by atoms with Gasteiger partial charge < -0.3 is 15.0 Å². The van der Waals surface area contributed by atoms with Gasteiger partial charge in [0.1, 0.15) is 10.6 Å². The van der Waals surface area contributed by atoms with Gasteiger partial charge in [0.25, 0.3) is 5.91 Å². The van der Waals surface area contributed by atoms with Crippen LogP contribution in [0, 0.1) is 5.92 Å². The molecular formula is C20H20Cl2N4O3. The molecule has 9 heteroatoms. The van der Waals surface area contributed by atoms with E-state index in [1.807, 2.05) is 29.2 Å². The molecule has 152 valence electrons. The van der Waals surface area contributed by atoms with Crippen LogP contribution >= 0.6 is 23.2 Å². The number of benzene rings is 1. The van der Waals surface area contributed by atoms with Crippen molar-refractivity contribution in [3.05, 3.63) is 51.3 Å². The highest BCUT2D eigenvalue weighted by Gasteiger charge is 2.52. The average Bonchev–Trinajstić information content (AvgIpc) is 3.26. The molecule has 2 amide bonds. The van der Waals surface area contributed by atoms with E-state index in [9.17, 15) is 9.59 Å². The third kappa shape index (κ3) is 2.99.